The molecule has 0 spiro atoms. The molecule has 2 aromatic rings. The van der Waals surface area contributed by atoms with Gasteiger partial charge in [-0.3, -0.25) is 4.98 Å². The van der Waals surface area contributed by atoms with Gasteiger partial charge in [0.25, 0.3) is 0 Å². The number of hydrogen-bond acceptors (Lipinski definition) is 3. The normalized spacial score (nSPS) is 19.2. The smallest absolute Gasteiger partial charge is 0.407 e. The van der Waals surface area contributed by atoms with Crippen LogP contribution in [0, 0.1) is 5.41 Å². The number of piperazine rings is 1. The molecule has 1 unspecified atom stereocenters. The molecule has 1 aliphatic heterocycles. The Kier molecular flexibility index (Phi) is 3.88. The molecule has 122 valence electrons. The van der Waals surface area contributed by atoms with Crippen LogP contribution in [0.15, 0.2) is 36.5 Å². The molecule has 23 heavy (non-hydrogen) atoms. The Labute approximate surface area is 136 Å². The Bertz CT molecular complexity index is 718. The molecule has 0 radical (unpaired) electrons. The van der Waals surface area contributed by atoms with Crippen LogP contribution >= 0.6 is 0 Å². The van der Waals surface area contributed by atoms with Crippen LogP contribution in [-0.4, -0.2) is 46.8 Å². The van der Waals surface area contributed by atoms with Crippen molar-refractivity contribution in [3.05, 3.63) is 36.5 Å². The number of para-hydroxylation sites is 1. The molecule has 0 saturated carbocycles. The maximum atomic E-state index is 11.6. The zero-order chi connectivity index (χ0) is 16.6. The van der Waals surface area contributed by atoms with Crippen molar-refractivity contribution in [1.29, 1.82) is 0 Å². The fourth-order valence-corrected chi connectivity index (χ4v) is 3.32. The molecule has 1 amide bonds. The molecule has 1 atom stereocenters. The number of rotatable bonds is 1. The second-order valence-corrected chi connectivity index (χ2v) is 7.16. The number of pyridine rings is 1. The summed E-state index contributed by atoms with van der Waals surface area (Å²) in [6, 6.07) is 10.1. The van der Waals surface area contributed by atoms with E-state index in [1.165, 1.54) is 0 Å². The number of fused-ring (bicyclic) bond motifs is 1. The number of amides is 1. The number of carbonyl (C=O) groups is 1. The van der Waals surface area contributed by atoms with Gasteiger partial charge in [-0.1, -0.05) is 39.0 Å². The Morgan fingerprint density at radius 1 is 1.22 bits per heavy atom. The van der Waals surface area contributed by atoms with Gasteiger partial charge >= 0.3 is 6.09 Å². The van der Waals surface area contributed by atoms with E-state index in [-0.39, 0.29) is 11.5 Å². The SMILES string of the molecule is CC(C)(C)C1CN(c2cccc3cccnc23)CCN1C(=O)O. The van der Waals surface area contributed by atoms with Gasteiger partial charge in [-0.25, -0.2) is 4.79 Å². The third-order valence-corrected chi connectivity index (χ3v) is 4.58. The van der Waals surface area contributed by atoms with Crippen molar-refractivity contribution in [1.82, 2.24) is 9.88 Å². The van der Waals surface area contributed by atoms with E-state index in [1.54, 1.807) is 11.1 Å². The van der Waals surface area contributed by atoms with E-state index >= 15 is 0 Å². The highest BCUT2D eigenvalue weighted by molar-refractivity contribution is 5.90. The Morgan fingerprint density at radius 2 is 1.96 bits per heavy atom. The maximum Gasteiger partial charge on any atom is 0.407 e. The van der Waals surface area contributed by atoms with Crippen molar-refractivity contribution in [2.24, 2.45) is 5.41 Å². The van der Waals surface area contributed by atoms with E-state index in [2.05, 4.69) is 48.9 Å². The lowest BCUT2D eigenvalue weighted by atomic mass is 9.84. The Hall–Kier alpha value is -2.30. The van der Waals surface area contributed by atoms with Crippen LogP contribution in [0.3, 0.4) is 0 Å². The fraction of sp³-hybridized carbons (Fsp3) is 0.444. The van der Waals surface area contributed by atoms with E-state index in [9.17, 15) is 9.90 Å². The first kappa shape index (κ1) is 15.6. The van der Waals surface area contributed by atoms with E-state index in [1.807, 2.05) is 12.1 Å². The summed E-state index contributed by atoms with van der Waals surface area (Å²) in [5.74, 6) is 0. The first-order valence-electron chi connectivity index (χ1n) is 7.96. The summed E-state index contributed by atoms with van der Waals surface area (Å²) in [7, 11) is 0. The standard InChI is InChI=1S/C18H23N3O2/c1-18(2,3)15-12-20(10-11-21(15)17(22)23)14-8-4-6-13-7-5-9-19-16(13)14/h4-9,15H,10-12H2,1-3H3,(H,22,23). The van der Waals surface area contributed by atoms with E-state index < -0.39 is 6.09 Å². The molecular formula is C18H23N3O2. The Morgan fingerprint density at radius 3 is 2.65 bits per heavy atom. The molecule has 5 heteroatoms. The summed E-state index contributed by atoms with van der Waals surface area (Å²) in [6.07, 6.45) is 0.973. The number of hydrogen-bond donors (Lipinski definition) is 1. The lowest BCUT2D eigenvalue weighted by molar-refractivity contribution is 0.0749. The summed E-state index contributed by atoms with van der Waals surface area (Å²) < 4.78 is 0. The van der Waals surface area contributed by atoms with Crippen LogP contribution in [0.2, 0.25) is 0 Å². The zero-order valence-electron chi connectivity index (χ0n) is 13.9. The minimum Gasteiger partial charge on any atom is -0.465 e. The predicted octanol–water partition coefficient (Wildman–Crippen LogP) is 3.45. The molecule has 1 saturated heterocycles. The first-order chi connectivity index (χ1) is 10.9. The molecule has 0 bridgehead atoms. The van der Waals surface area contributed by atoms with Crippen LogP contribution in [-0.2, 0) is 0 Å². The van der Waals surface area contributed by atoms with Crippen LogP contribution in [0.25, 0.3) is 10.9 Å². The van der Waals surface area contributed by atoms with Gasteiger partial charge in [0.15, 0.2) is 0 Å². The average Bonchev–Trinajstić information content (AvgIpc) is 2.53. The van der Waals surface area contributed by atoms with Crippen molar-refractivity contribution in [2.45, 2.75) is 26.8 Å². The second-order valence-electron chi connectivity index (χ2n) is 7.16. The van der Waals surface area contributed by atoms with Crippen LogP contribution in [0.4, 0.5) is 10.5 Å². The van der Waals surface area contributed by atoms with Gasteiger partial charge in [0.1, 0.15) is 0 Å². The first-order valence-corrected chi connectivity index (χ1v) is 7.96. The van der Waals surface area contributed by atoms with Gasteiger partial charge in [0.2, 0.25) is 0 Å². The minimum atomic E-state index is -0.833. The maximum absolute atomic E-state index is 11.6. The number of anilines is 1. The van der Waals surface area contributed by atoms with Crippen molar-refractivity contribution in [3.8, 4) is 0 Å². The second kappa shape index (κ2) is 5.72. The number of aromatic nitrogens is 1. The third kappa shape index (κ3) is 2.96. The fourth-order valence-electron chi connectivity index (χ4n) is 3.32. The highest BCUT2D eigenvalue weighted by Gasteiger charge is 2.38. The quantitative estimate of drug-likeness (QED) is 0.876. The zero-order valence-corrected chi connectivity index (χ0v) is 13.9. The van der Waals surface area contributed by atoms with Crippen molar-refractivity contribution >= 4 is 22.7 Å². The summed E-state index contributed by atoms with van der Waals surface area (Å²) in [5.41, 5.74) is 1.95. The van der Waals surface area contributed by atoms with Gasteiger partial charge in [0.05, 0.1) is 17.2 Å². The van der Waals surface area contributed by atoms with Gasteiger partial charge in [-0.15, -0.1) is 0 Å². The molecule has 5 nitrogen and oxygen atoms in total. The van der Waals surface area contributed by atoms with Crippen molar-refractivity contribution in [2.75, 3.05) is 24.5 Å². The van der Waals surface area contributed by atoms with Crippen molar-refractivity contribution in [3.63, 3.8) is 0 Å². The monoisotopic (exact) mass is 313 g/mol. The van der Waals surface area contributed by atoms with E-state index in [0.717, 1.165) is 16.6 Å². The lowest BCUT2D eigenvalue weighted by Crippen LogP contribution is -2.59. The number of benzene rings is 1. The summed E-state index contributed by atoms with van der Waals surface area (Å²) in [5, 5.41) is 10.6. The van der Waals surface area contributed by atoms with Crippen LogP contribution in [0.5, 0.6) is 0 Å². The summed E-state index contributed by atoms with van der Waals surface area (Å²) in [4.78, 5) is 19.9. The molecule has 2 heterocycles. The largest absolute Gasteiger partial charge is 0.465 e. The van der Waals surface area contributed by atoms with Gasteiger partial charge in [-0.2, -0.15) is 0 Å². The van der Waals surface area contributed by atoms with Gasteiger partial charge < -0.3 is 14.9 Å². The summed E-state index contributed by atoms with van der Waals surface area (Å²) >= 11 is 0. The lowest BCUT2D eigenvalue weighted by Gasteiger charge is -2.46. The van der Waals surface area contributed by atoms with Crippen molar-refractivity contribution < 1.29 is 9.90 Å². The molecule has 3 rings (SSSR count). The molecule has 1 aromatic heterocycles. The molecule has 0 aliphatic carbocycles. The average molecular weight is 313 g/mol. The minimum absolute atomic E-state index is 0.0484. The van der Waals surface area contributed by atoms with Gasteiger partial charge in [0, 0.05) is 31.2 Å². The Balaban J connectivity index is 1.96. The molecule has 1 aromatic carbocycles. The number of nitrogens with zero attached hydrogens (tertiary/aromatic N) is 3. The van der Waals surface area contributed by atoms with Gasteiger partial charge in [-0.05, 0) is 17.5 Å². The molecule has 1 N–H and O–H groups in total. The summed E-state index contributed by atoms with van der Waals surface area (Å²) in [6.45, 7) is 8.18. The van der Waals surface area contributed by atoms with Crippen LogP contribution in [0.1, 0.15) is 20.8 Å². The highest BCUT2D eigenvalue weighted by atomic mass is 16.4. The molecule has 1 aliphatic rings. The van der Waals surface area contributed by atoms with Crippen LogP contribution < -0.4 is 4.90 Å². The van der Waals surface area contributed by atoms with E-state index in [4.69, 9.17) is 0 Å². The number of carboxylic acid groups (broad SMARTS) is 1. The highest BCUT2D eigenvalue weighted by Crippen LogP contribution is 2.32. The third-order valence-electron chi connectivity index (χ3n) is 4.58. The topological polar surface area (TPSA) is 56.7 Å². The molecular weight excluding hydrogens is 290 g/mol. The van der Waals surface area contributed by atoms with E-state index in [0.29, 0.717) is 19.6 Å². The predicted molar refractivity (Wildman–Crippen MR) is 91.9 cm³/mol. The molecule has 1 fully saturated rings.